The van der Waals surface area contributed by atoms with Crippen LogP contribution in [0.15, 0.2) is 0 Å². The lowest BCUT2D eigenvalue weighted by molar-refractivity contribution is -0.456. The third-order valence-electron chi connectivity index (χ3n) is 2.18. The lowest BCUT2D eigenvalue weighted by Crippen LogP contribution is -2.51. The third kappa shape index (κ3) is 6.60. The zero-order chi connectivity index (χ0) is 17.8. The Bertz CT molecular complexity index is 447. The summed E-state index contributed by atoms with van der Waals surface area (Å²) in [4.78, 5) is 2.71. The van der Waals surface area contributed by atoms with E-state index in [1.54, 1.807) is 0 Å². The van der Waals surface area contributed by atoms with Gasteiger partial charge in [-0.15, -0.1) is 9.22 Å². The van der Waals surface area contributed by atoms with Gasteiger partial charge in [-0.25, -0.2) is 4.39 Å². The van der Waals surface area contributed by atoms with Gasteiger partial charge in [-0.05, 0) is 6.42 Å². The van der Waals surface area contributed by atoms with Gasteiger partial charge in [0.1, 0.15) is 0 Å². The first-order chi connectivity index (χ1) is 9.65. The summed E-state index contributed by atoms with van der Waals surface area (Å²) in [5.41, 5.74) is 0. The molecule has 0 spiro atoms. The number of unbranched alkanes of at least 4 members (excludes halogenated alkanes) is 1. The number of hydrogen-bond donors (Lipinski definition) is 0. The Hall–Kier alpha value is -0.690. The van der Waals surface area contributed by atoms with Crippen LogP contribution < -0.4 is 0 Å². The van der Waals surface area contributed by atoms with E-state index in [9.17, 15) is 43.5 Å². The highest BCUT2D eigenvalue weighted by molar-refractivity contribution is 7.86. The number of halogens is 8. The number of alkyl halides is 8. The summed E-state index contributed by atoms with van der Waals surface area (Å²) in [6.07, 6.45) is -18.4. The maximum Gasteiger partial charge on any atom is 0.449 e. The van der Waals surface area contributed by atoms with Gasteiger partial charge in [-0.3, -0.25) is 0 Å². The maximum absolute atomic E-state index is 12.9. The molecule has 0 fully saturated rings. The van der Waals surface area contributed by atoms with Crippen molar-refractivity contribution >= 4 is 10.1 Å². The van der Waals surface area contributed by atoms with Crippen molar-refractivity contribution < 1.29 is 52.8 Å². The molecule has 0 aromatic heterocycles. The second-order valence-corrected chi connectivity index (χ2v) is 5.85. The summed E-state index contributed by atoms with van der Waals surface area (Å²) in [6.45, 7) is 1.52. The molecule has 0 saturated carbocycles. The van der Waals surface area contributed by atoms with Crippen LogP contribution in [0.3, 0.4) is 0 Å². The molecule has 0 rings (SSSR count). The molecule has 134 valence electrons. The van der Waals surface area contributed by atoms with Gasteiger partial charge < -0.3 is 0 Å². The molecule has 0 amide bonds. The highest BCUT2D eigenvalue weighted by Crippen LogP contribution is 2.43. The predicted octanol–water partition coefficient (Wildman–Crippen LogP) is 3.58. The molecule has 0 heterocycles. The van der Waals surface area contributed by atoms with Gasteiger partial charge in [0.15, 0.2) is 6.17 Å². The average molecular weight is 368 g/mol. The van der Waals surface area contributed by atoms with E-state index in [1.807, 2.05) is 0 Å². The first-order valence-corrected chi connectivity index (χ1v) is 7.29. The topological polar surface area (TPSA) is 52.6 Å². The third-order valence-corrected chi connectivity index (χ3v) is 3.25. The van der Waals surface area contributed by atoms with Crippen molar-refractivity contribution in [3.8, 4) is 0 Å². The van der Waals surface area contributed by atoms with Crippen molar-refractivity contribution in [1.82, 2.24) is 0 Å². The first-order valence-electron chi connectivity index (χ1n) is 5.71. The van der Waals surface area contributed by atoms with Crippen LogP contribution in [0.2, 0.25) is 0 Å². The van der Waals surface area contributed by atoms with Gasteiger partial charge >= 0.3 is 18.2 Å². The fourth-order valence-corrected chi connectivity index (χ4v) is 1.92. The van der Waals surface area contributed by atoms with E-state index < -0.39 is 46.7 Å². The van der Waals surface area contributed by atoms with Crippen LogP contribution in [0.5, 0.6) is 0 Å². The van der Waals surface area contributed by atoms with Gasteiger partial charge in [0, 0.05) is 0 Å². The fourth-order valence-electron chi connectivity index (χ4n) is 1.02. The van der Waals surface area contributed by atoms with Crippen molar-refractivity contribution in [1.29, 1.82) is 0 Å². The van der Waals surface area contributed by atoms with Crippen LogP contribution in [0, 0.1) is 0 Å². The van der Waals surface area contributed by atoms with E-state index >= 15 is 0 Å². The molecule has 0 aromatic carbocycles. The van der Waals surface area contributed by atoms with E-state index in [0.29, 0.717) is 0 Å². The molecule has 0 aliphatic heterocycles. The Morgan fingerprint density at radius 3 is 1.95 bits per heavy atom. The van der Waals surface area contributed by atoms with Gasteiger partial charge in [0.05, 0.1) is 12.2 Å². The number of hydrogen-bond acceptors (Lipinski definition) is 4. The second kappa shape index (κ2) is 7.25. The van der Waals surface area contributed by atoms with E-state index in [0.717, 1.165) is 0 Å². The van der Waals surface area contributed by atoms with Crippen LogP contribution >= 0.6 is 0 Å². The Labute approximate surface area is 120 Å². The van der Waals surface area contributed by atoms with Gasteiger partial charge in [0.2, 0.25) is 0 Å². The van der Waals surface area contributed by atoms with E-state index in [1.165, 1.54) is 6.92 Å². The zero-order valence-corrected chi connectivity index (χ0v) is 11.8. The Morgan fingerprint density at radius 2 is 1.55 bits per heavy atom. The van der Waals surface area contributed by atoms with E-state index in [-0.39, 0.29) is 12.8 Å². The molecular weight excluding hydrogens is 356 g/mol. The summed E-state index contributed by atoms with van der Waals surface area (Å²) in [7, 11) is -4.78. The molecule has 0 N–H and O–H groups in total. The molecule has 0 radical (unpaired) electrons. The lowest BCUT2D eigenvalue weighted by Gasteiger charge is -2.27. The standard InChI is InChI=1S/C9H12F8O4S/c1-2-3-4-22(18,19)21-20-9(16,17)8(14,15)6(10)5-7(11,12)13/h6H,2-5H2,1H3. The quantitative estimate of drug-likeness (QED) is 0.355. The van der Waals surface area contributed by atoms with Crippen molar-refractivity contribution in [2.75, 3.05) is 5.75 Å². The number of rotatable bonds is 9. The Morgan fingerprint density at radius 1 is 1.05 bits per heavy atom. The van der Waals surface area contributed by atoms with Crippen LogP contribution in [0.25, 0.3) is 0 Å². The Balaban J connectivity index is 4.90. The molecule has 13 heteroatoms. The van der Waals surface area contributed by atoms with Crippen molar-refractivity contribution in [2.45, 2.75) is 50.6 Å². The summed E-state index contributed by atoms with van der Waals surface area (Å²) in [5, 5.41) is 0. The highest BCUT2D eigenvalue weighted by atomic mass is 32.2. The van der Waals surface area contributed by atoms with Crippen LogP contribution in [-0.2, 0) is 19.3 Å². The zero-order valence-electron chi connectivity index (χ0n) is 11.0. The van der Waals surface area contributed by atoms with Crippen LogP contribution in [-0.4, -0.2) is 38.5 Å². The molecule has 1 unspecified atom stereocenters. The van der Waals surface area contributed by atoms with Crippen molar-refractivity contribution in [3.63, 3.8) is 0 Å². The average Bonchev–Trinajstić information content (AvgIpc) is 2.32. The molecule has 0 aromatic rings. The lowest BCUT2D eigenvalue weighted by atomic mass is 10.1. The molecule has 22 heavy (non-hydrogen) atoms. The molecule has 1 atom stereocenters. The monoisotopic (exact) mass is 368 g/mol. The normalized spacial score (nSPS) is 15.9. The van der Waals surface area contributed by atoms with E-state index in [2.05, 4.69) is 9.22 Å². The summed E-state index contributed by atoms with van der Waals surface area (Å²) < 4.78 is 125. The largest absolute Gasteiger partial charge is 0.449 e. The predicted molar refractivity (Wildman–Crippen MR) is 56.3 cm³/mol. The van der Waals surface area contributed by atoms with E-state index in [4.69, 9.17) is 0 Å². The van der Waals surface area contributed by atoms with Crippen LogP contribution in [0.1, 0.15) is 26.2 Å². The molecule has 0 aliphatic carbocycles. The van der Waals surface area contributed by atoms with Crippen LogP contribution in [0.4, 0.5) is 35.1 Å². The summed E-state index contributed by atoms with van der Waals surface area (Å²) in [5.74, 6) is -6.81. The Kier molecular flexibility index (Phi) is 7.03. The second-order valence-electron chi connectivity index (χ2n) is 4.19. The molecule has 0 aliphatic rings. The molecule has 0 bridgehead atoms. The maximum atomic E-state index is 12.9. The molecule has 4 nitrogen and oxygen atoms in total. The smallest absolute Gasteiger partial charge is 0.240 e. The highest BCUT2D eigenvalue weighted by Gasteiger charge is 2.66. The summed E-state index contributed by atoms with van der Waals surface area (Å²) >= 11 is 0. The minimum atomic E-state index is -5.96. The van der Waals surface area contributed by atoms with Gasteiger partial charge in [-0.2, -0.15) is 39.2 Å². The minimum Gasteiger partial charge on any atom is -0.240 e. The fraction of sp³-hybridized carbons (Fsp3) is 1.00. The van der Waals surface area contributed by atoms with Crippen molar-refractivity contribution in [3.05, 3.63) is 0 Å². The molecular formula is C9H12F8O4S. The first kappa shape index (κ1) is 21.3. The minimum absolute atomic E-state index is 0.0759. The molecule has 0 saturated heterocycles. The van der Waals surface area contributed by atoms with Gasteiger partial charge in [-0.1, -0.05) is 13.3 Å². The van der Waals surface area contributed by atoms with Gasteiger partial charge in [0.25, 0.3) is 10.1 Å². The summed E-state index contributed by atoms with van der Waals surface area (Å²) in [6, 6.07) is 0. The SMILES string of the molecule is CCCCS(=O)(=O)OOC(F)(F)C(F)(F)C(F)CC(F)(F)F. The van der Waals surface area contributed by atoms with Crippen molar-refractivity contribution in [2.24, 2.45) is 0 Å².